The van der Waals surface area contributed by atoms with E-state index in [1.54, 1.807) is 6.92 Å². The summed E-state index contributed by atoms with van der Waals surface area (Å²) in [5, 5.41) is 0. The van der Waals surface area contributed by atoms with Crippen molar-refractivity contribution in [3.63, 3.8) is 0 Å². The number of hydrogen-bond donors (Lipinski definition) is 0. The van der Waals surface area contributed by atoms with Gasteiger partial charge in [-0.3, -0.25) is 9.59 Å². The van der Waals surface area contributed by atoms with Crippen LogP contribution in [0.4, 0.5) is 13.2 Å². The molecule has 0 saturated carbocycles. The summed E-state index contributed by atoms with van der Waals surface area (Å²) in [6, 6.07) is 0. The Kier molecular flexibility index (Phi) is 6.60. The molecule has 0 rings (SSSR count). The molecule has 4 nitrogen and oxygen atoms in total. The lowest BCUT2D eigenvalue weighted by atomic mass is 10.2. The van der Waals surface area contributed by atoms with Crippen molar-refractivity contribution >= 4 is 11.9 Å². The molecule has 0 aromatic rings. The summed E-state index contributed by atoms with van der Waals surface area (Å²) >= 11 is 0. The van der Waals surface area contributed by atoms with Crippen LogP contribution in [0.5, 0.6) is 0 Å². The molecule has 7 heteroatoms. The molecule has 0 aliphatic carbocycles. The predicted molar refractivity (Wildman–Crippen MR) is 54.2 cm³/mol. The molecule has 100 valence electrons. The fourth-order valence-electron chi connectivity index (χ4n) is 1.05. The summed E-state index contributed by atoms with van der Waals surface area (Å²) in [7, 11) is 1.28. The summed E-state index contributed by atoms with van der Waals surface area (Å²) in [5.41, 5.74) is 0. The Morgan fingerprint density at radius 1 is 1.24 bits per heavy atom. The molecule has 0 N–H and O–H groups in total. The maximum atomic E-state index is 11.9. The van der Waals surface area contributed by atoms with Gasteiger partial charge in [0.25, 0.3) is 0 Å². The Morgan fingerprint density at radius 3 is 2.29 bits per heavy atom. The third-order valence-corrected chi connectivity index (χ3v) is 2.00. The molecule has 0 atom stereocenters. The van der Waals surface area contributed by atoms with Crippen LogP contribution in [-0.2, 0) is 14.3 Å². The standard InChI is InChI=1S/C10H16F3NO3/c1-3-17-9(16)5-4-8(15)14(2)7-6-10(11,12)13/h3-7H2,1-2H3. The summed E-state index contributed by atoms with van der Waals surface area (Å²) in [6.07, 6.45) is -5.57. The highest BCUT2D eigenvalue weighted by Gasteiger charge is 2.28. The molecule has 0 aliphatic heterocycles. The van der Waals surface area contributed by atoms with E-state index >= 15 is 0 Å². The quantitative estimate of drug-likeness (QED) is 0.679. The largest absolute Gasteiger partial charge is 0.466 e. The number of carbonyl (C=O) groups excluding carboxylic acids is 2. The smallest absolute Gasteiger partial charge is 0.390 e. The Bertz CT molecular complexity index is 266. The van der Waals surface area contributed by atoms with Crippen LogP contribution in [0.3, 0.4) is 0 Å². The van der Waals surface area contributed by atoms with E-state index in [0.29, 0.717) is 0 Å². The van der Waals surface area contributed by atoms with Gasteiger partial charge in [-0.25, -0.2) is 0 Å². The molecule has 17 heavy (non-hydrogen) atoms. The molecule has 0 fully saturated rings. The van der Waals surface area contributed by atoms with Crippen LogP contribution in [0.1, 0.15) is 26.2 Å². The number of rotatable bonds is 6. The van der Waals surface area contributed by atoms with Crippen molar-refractivity contribution in [3.8, 4) is 0 Å². The molecule has 1 amide bonds. The number of carbonyl (C=O) groups is 2. The van der Waals surface area contributed by atoms with Crippen LogP contribution in [0, 0.1) is 0 Å². The van der Waals surface area contributed by atoms with Gasteiger partial charge in [0.2, 0.25) is 5.91 Å². The third kappa shape index (κ3) is 8.53. The number of alkyl halides is 3. The van der Waals surface area contributed by atoms with Gasteiger partial charge in [-0.2, -0.15) is 13.2 Å². The summed E-state index contributed by atoms with van der Waals surface area (Å²) < 4.78 is 40.2. The number of hydrogen-bond acceptors (Lipinski definition) is 3. The molecule has 0 aromatic carbocycles. The summed E-state index contributed by atoms with van der Waals surface area (Å²) in [4.78, 5) is 23.2. The molecule has 0 unspecified atom stereocenters. The SMILES string of the molecule is CCOC(=O)CCC(=O)N(C)CCC(F)(F)F. The zero-order valence-corrected chi connectivity index (χ0v) is 9.84. The average molecular weight is 255 g/mol. The van der Waals surface area contributed by atoms with E-state index < -0.39 is 31.0 Å². The van der Waals surface area contributed by atoms with E-state index in [9.17, 15) is 22.8 Å². The molecular weight excluding hydrogens is 239 g/mol. The molecule has 0 bridgehead atoms. The highest BCUT2D eigenvalue weighted by atomic mass is 19.4. The van der Waals surface area contributed by atoms with Crippen molar-refractivity contribution in [2.24, 2.45) is 0 Å². The van der Waals surface area contributed by atoms with E-state index in [4.69, 9.17) is 0 Å². The van der Waals surface area contributed by atoms with Crippen molar-refractivity contribution in [1.82, 2.24) is 4.90 Å². The van der Waals surface area contributed by atoms with Gasteiger partial charge in [0.1, 0.15) is 0 Å². The van der Waals surface area contributed by atoms with Crippen LogP contribution in [0.15, 0.2) is 0 Å². The Hall–Kier alpha value is -1.27. The van der Waals surface area contributed by atoms with E-state index in [-0.39, 0.29) is 19.4 Å². The van der Waals surface area contributed by atoms with Crippen LogP contribution < -0.4 is 0 Å². The molecule has 0 radical (unpaired) electrons. The van der Waals surface area contributed by atoms with Gasteiger partial charge in [0.05, 0.1) is 19.4 Å². The second-order valence-electron chi connectivity index (χ2n) is 3.49. The Balaban J connectivity index is 3.86. The lowest BCUT2D eigenvalue weighted by Gasteiger charge is -2.17. The first-order valence-electron chi connectivity index (χ1n) is 5.22. The Labute approximate surface area is 97.7 Å². The molecule has 0 aromatic heterocycles. The number of nitrogens with zero attached hydrogens (tertiary/aromatic N) is 1. The van der Waals surface area contributed by atoms with E-state index in [2.05, 4.69) is 4.74 Å². The average Bonchev–Trinajstić information content (AvgIpc) is 2.22. The van der Waals surface area contributed by atoms with Crippen molar-refractivity contribution in [2.75, 3.05) is 20.2 Å². The van der Waals surface area contributed by atoms with Crippen LogP contribution in [0.25, 0.3) is 0 Å². The topological polar surface area (TPSA) is 46.6 Å². The lowest BCUT2D eigenvalue weighted by molar-refractivity contribution is -0.148. The first-order valence-corrected chi connectivity index (χ1v) is 5.22. The number of halogens is 3. The number of ether oxygens (including phenoxy) is 1. The monoisotopic (exact) mass is 255 g/mol. The predicted octanol–water partition coefficient (Wildman–Crippen LogP) is 1.74. The first kappa shape index (κ1) is 15.7. The van der Waals surface area contributed by atoms with Crippen LogP contribution >= 0.6 is 0 Å². The minimum absolute atomic E-state index is 0.108. The van der Waals surface area contributed by atoms with Crippen molar-refractivity contribution in [3.05, 3.63) is 0 Å². The second kappa shape index (κ2) is 7.13. The lowest BCUT2D eigenvalue weighted by Crippen LogP contribution is -2.30. The zero-order valence-electron chi connectivity index (χ0n) is 9.84. The van der Waals surface area contributed by atoms with Crippen LogP contribution in [0.2, 0.25) is 0 Å². The van der Waals surface area contributed by atoms with E-state index in [0.717, 1.165) is 4.90 Å². The fourth-order valence-corrected chi connectivity index (χ4v) is 1.05. The summed E-state index contributed by atoms with van der Waals surface area (Å²) in [6.45, 7) is 1.46. The highest BCUT2D eigenvalue weighted by molar-refractivity contribution is 5.81. The maximum absolute atomic E-state index is 11.9. The molecule has 0 aliphatic rings. The van der Waals surface area contributed by atoms with Gasteiger partial charge in [0, 0.05) is 20.0 Å². The van der Waals surface area contributed by atoms with Crippen molar-refractivity contribution in [2.45, 2.75) is 32.4 Å². The fraction of sp³-hybridized carbons (Fsp3) is 0.800. The normalized spacial score (nSPS) is 11.1. The highest BCUT2D eigenvalue weighted by Crippen LogP contribution is 2.19. The van der Waals surface area contributed by atoms with Gasteiger partial charge in [-0.05, 0) is 6.92 Å². The number of esters is 1. The minimum atomic E-state index is -4.28. The number of amides is 1. The first-order chi connectivity index (χ1) is 7.76. The van der Waals surface area contributed by atoms with Gasteiger partial charge >= 0.3 is 12.1 Å². The second-order valence-corrected chi connectivity index (χ2v) is 3.49. The minimum Gasteiger partial charge on any atom is -0.466 e. The molecule has 0 spiro atoms. The van der Waals surface area contributed by atoms with E-state index in [1.807, 2.05) is 0 Å². The Morgan fingerprint density at radius 2 is 1.82 bits per heavy atom. The zero-order chi connectivity index (χ0) is 13.5. The van der Waals surface area contributed by atoms with Crippen molar-refractivity contribution in [1.29, 1.82) is 0 Å². The van der Waals surface area contributed by atoms with Gasteiger partial charge < -0.3 is 9.64 Å². The molecular formula is C10H16F3NO3. The van der Waals surface area contributed by atoms with Crippen LogP contribution in [-0.4, -0.2) is 43.2 Å². The summed E-state index contributed by atoms with van der Waals surface area (Å²) in [5.74, 6) is -1.02. The van der Waals surface area contributed by atoms with Gasteiger partial charge in [0.15, 0.2) is 0 Å². The van der Waals surface area contributed by atoms with Gasteiger partial charge in [-0.1, -0.05) is 0 Å². The molecule has 0 heterocycles. The third-order valence-electron chi connectivity index (χ3n) is 2.00. The van der Waals surface area contributed by atoms with E-state index in [1.165, 1.54) is 7.05 Å². The van der Waals surface area contributed by atoms with Crippen molar-refractivity contribution < 1.29 is 27.5 Å². The van der Waals surface area contributed by atoms with Gasteiger partial charge in [-0.15, -0.1) is 0 Å². The maximum Gasteiger partial charge on any atom is 0.390 e. The molecule has 0 saturated heterocycles.